The van der Waals surface area contributed by atoms with E-state index < -0.39 is 35.7 Å². The van der Waals surface area contributed by atoms with Gasteiger partial charge in [-0.1, -0.05) is 12.1 Å². The number of amides is 5. The van der Waals surface area contributed by atoms with Gasteiger partial charge in [0, 0.05) is 13.1 Å². The van der Waals surface area contributed by atoms with E-state index >= 15 is 0 Å². The average molecular weight is 468 g/mol. The third kappa shape index (κ3) is 4.54. The number of nitrogens with zero attached hydrogens (tertiary/aromatic N) is 3. The van der Waals surface area contributed by atoms with E-state index in [1.807, 2.05) is 4.90 Å². The molecule has 2 unspecified atom stereocenters. The number of hydrogen-bond donors (Lipinski definition) is 3. The second-order valence-corrected chi connectivity index (χ2v) is 8.59. The molecular formula is C23H25FN6O4. The first-order chi connectivity index (χ1) is 16.2. The van der Waals surface area contributed by atoms with Crippen LogP contribution >= 0.6 is 0 Å². The Labute approximate surface area is 195 Å². The van der Waals surface area contributed by atoms with Gasteiger partial charge in [-0.3, -0.25) is 19.3 Å². The molecule has 11 heteroatoms. The van der Waals surface area contributed by atoms with Crippen LogP contribution in [0.3, 0.4) is 0 Å². The Morgan fingerprint density at radius 3 is 2.62 bits per heavy atom. The van der Waals surface area contributed by atoms with Gasteiger partial charge in [-0.25, -0.2) is 14.2 Å². The lowest BCUT2D eigenvalue weighted by atomic mass is 9.92. The third-order valence-corrected chi connectivity index (χ3v) is 6.18. The van der Waals surface area contributed by atoms with Gasteiger partial charge in [0.05, 0.1) is 17.8 Å². The summed E-state index contributed by atoms with van der Waals surface area (Å²) < 4.78 is 13.2. The van der Waals surface area contributed by atoms with E-state index in [0.29, 0.717) is 23.6 Å². The largest absolute Gasteiger partial charge is 0.369 e. The summed E-state index contributed by atoms with van der Waals surface area (Å²) >= 11 is 0. The van der Waals surface area contributed by atoms with E-state index in [-0.39, 0.29) is 11.8 Å². The van der Waals surface area contributed by atoms with E-state index in [9.17, 15) is 23.6 Å². The highest BCUT2D eigenvalue weighted by molar-refractivity contribution is 6.10. The number of benzene rings is 1. The highest BCUT2D eigenvalue weighted by Crippen LogP contribution is 2.29. The normalized spacial score (nSPS) is 22.5. The smallest absolute Gasteiger partial charge is 0.325 e. The third-order valence-electron chi connectivity index (χ3n) is 6.18. The van der Waals surface area contributed by atoms with Crippen LogP contribution in [-0.2, 0) is 19.9 Å². The summed E-state index contributed by atoms with van der Waals surface area (Å²) in [6, 6.07) is 7.89. The molecule has 4 N–H and O–H groups in total. The Morgan fingerprint density at radius 2 is 1.97 bits per heavy atom. The number of carbonyl (C=O) groups is 4. The lowest BCUT2D eigenvalue weighted by molar-refractivity contribution is -0.133. The van der Waals surface area contributed by atoms with E-state index in [1.165, 1.54) is 37.4 Å². The minimum atomic E-state index is -1.40. The Balaban J connectivity index is 1.38. The van der Waals surface area contributed by atoms with E-state index in [1.54, 1.807) is 12.1 Å². The van der Waals surface area contributed by atoms with Crippen molar-refractivity contribution in [3.05, 3.63) is 54.0 Å². The summed E-state index contributed by atoms with van der Waals surface area (Å²) in [6.45, 7) is 2.26. The molecule has 34 heavy (non-hydrogen) atoms. The molecule has 3 heterocycles. The average Bonchev–Trinajstić information content (AvgIpc) is 3.03. The number of primary amides is 1. The Bertz CT molecular complexity index is 1120. The molecule has 0 spiro atoms. The van der Waals surface area contributed by atoms with E-state index in [4.69, 9.17) is 5.73 Å². The Kier molecular flexibility index (Phi) is 6.18. The standard InChI is InChI=1S/C23H25FN6O4/c1-23(15-4-6-16(24)7-5-15)21(33)30(22(34)28-23)13-19(31)27-17-8-9-18(26-11-17)29-10-2-3-14(12-29)20(25)32/h4-9,11,14H,2-3,10,12-13H2,1H3,(H2,25,32)(H,27,31)(H,28,34). The minimum absolute atomic E-state index is 0.223. The Morgan fingerprint density at radius 1 is 1.24 bits per heavy atom. The topological polar surface area (TPSA) is 138 Å². The zero-order chi connectivity index (χ0) is 24.5. The fourth-order valence-electron chi connectivity index (χ4n) is 4.23. The predicted octanol–water partition coefficient (Wildman–Crippen LogP) is 1.33. The number of pyridine rings is 1. The quantitative estimate of drug-likeness (QED) is 0.547. The first-order valence-corrected chi connectivity index (χ1v) is 10.9. The number of nitrogens with one attached hydrogen (secondary N) is 2. The molecule has 2 fully saturated rings. The highest BCUT2D eigenvalue weighted by Gasteiger charge is 2.49. The molecule has 0 aliphatic carbocycles. The van der Waals surface area contributed by atoms with Crippen LogP contribution in [-0.4, -0.2) is 53.3 Å². The van der Waals surface area contributed by atoms with Gasteiger partial charge >= 0.3 is 6.03 Å². The van der Waals surface area contributed by atoms with Crippen LogP contribution in [0.15, 0.2) is 42.6 Å². The summed E-state index contributed by atoms with van der Waals surface area (Å²) in [4.78, 5) is 56.5. The SMILES string of the molecule is CC1(c2ccc(F)cc2)NC(=O)N(CC(=O)Nc2ccc(N3CCCC(C(N)=O)C3)nc2)C1=O. The fraction of sp³-hybridized carbons (Fsp3) is 0.348. The van der Waals surface area contributed by atoms with Crippen molar-refractivity contribution in [1.29, 1.82) is 0 Å². The molecular weight excluding hydrogens is 443 g/mol. The number of hydrogen-bond acceptors (Lipinski definition) is 6. The van der Waals surface area contributed by atoms with Crippen molar-refractivity contribution >= 4 is 35.3 Å². The summed E-state index contributed by atoms with van der Waals surface area (Å²) in [5.41, 5.74) is 4.83. The first kappa shape index (κ1) is 23.1. The lowest BCUT2D eigenvalue weighted by Crippen LogP contribution is -2.42. The molecule has 2 aromatic rings. The fourth-order valence-corrected chi connectivity index (χ4v) is 4.23. The summed E-state index contributed by atoms with van der Waals surface area (Å²) in [5.74, 6) is -1.54. The molecule has 2 aliphatic rings. The summed E-state index contributed by atoms with van der Waals surface area (Å²) in [7, 11) is 0. The van der Waals surface area contributed by atoms with Crippen LogP contribution in [0.1, 0.15) is 25.3 Å². The number of piperidine rings is 1. The van der Waals surface area contributed by atoms with Crippen molar-refractivity contribution in [2.75, 3.05) is 29.9 Å². The molecule has 10 nitrogen and oxygen atoms in total. The first-order valence-electron chi connectivity index (χ1n) is 10.9. The van der Waals surface area contributed by atoms with Gasteiger partial charge in [0.1, 0.15) is 23.7 Å². The van der Waals surface area contributed by atoms with Crippen molar-refractivity contribution in [3.8, 4) is 0 Å². The maximum absolute atomic E-state index is 13.2. The molecule has 2 atom stereocenters. The number of imide groups is 1. The van der Waals surface area contributed by atoms with Crippen LogP contribution in [0.4, 0.5) is 20.7 Å². The van der Waals surface area contributed by atoms with Crippen LogP contribution in [0.25, 0.3) is 0 Å². The van der Waals surface area contributed by atoms with Gasteiger partial charge in [0.15, 0.2) is 0 Å². The lowest BCUT2D eigenvalue weighted by Gasteiger charge is -2.32. The molecule has 1 aromatic heterocycles. The number of nitrogens with two attached hydrogens (primary N) is 1. The maximum atomic E-state index is 13.2. The van der Waals surface area contributed by atoms with Gasteiger partial charge in [-0.2, -0.15) is 0 Å². The number of halogens is 1. The van der Waals surface area contributed by atoms with Crippen molar-refractivity contribution in [2.24, 2.45) is 11.7 Å². The maximum Gasteiger partial charge on any atom is 0.325 e. The van der Waals surface area contributed by atoms with Gasteiger partial charge in [0.25, 0.3) is 5.91 Å². The zero-order valence-corrected chi connectivity index (χ0v) is 18.6. The molecule has 1 aromatic carbocycles. The molecule has 5 amide bonds. The predicted molar refractivity (Wildman–Crippen MR) is 121 cm³/mol. The van der Waals surface area contributed by atoms with Gasteiger partial charge in [0.2, 0.25) is 11.8 Å². The van der Waals surface area contributed by atoms with E-state index in [2.05, 4.69) is 15.6 Å². The van der Waals surface area contributed by atoms with Gasteiger partial charge < -0.3 is 21.3 Å². The number of urea groups is 1. The molecule has 4 rings (SSSR count). The van der Waals surface area contributed by atoms with Gasteiger partial charge in [-0.15, -0.1) is 0 Å². The van der Waals surface area contributed by atoms with Crippen molar-refractivity contribution in [2.45, 2.75) is 25.3 Å². The Hall–Kier alpha value is -4.02. The van der Waals surface area contributed by atoms with Crippen LogP contribution in [0.2, 0.25) is 0 Å². The molecule has 2 saturated heterocycles. The second-order valence-electron chi connectivity index (χ2n) is 8.59. The molecule has 178 valence electrons. The number of aromatic nitrogens is 1. The van der Waals surface area contributed by atoms with E-state index in [0.717, 1.165) is 24.3 Å². The molecule has 0 bridgehead atoms. The molecule has 0 radical (unpaired) electrons. The van der Waals surface area contributed by atoms with Crippen molar-refractivity contribution in [3.63, 3.8) is 0 Å². The summed E-state index contributed by atoms with van der Waals surface area (Å²) in [5, 5.41) is 5.20. The zero-order valence-electron chi connectivity index (χ0n) is 18.6. The van der Waals surface area contributed by atoms with Crippen molar-refractivity contribution < 1.29 is 23.6 Å². The summed E-state index contributed by atoms with van der Waals surface area (Å²) in [6.07, 6.45) is 3.05. The highest BCUT2D eigenvalue weighted by atomic mass is 19.1. The molecule has 2 aliphatic heterocycles. The number of rotatable bonds is 6. The van der Waals surface area contributed by atoms with Gasteiger partial charge in [-0.05, 0) is 49.6 Å². The second kappa shape index (κ2) is 9.08. The van der Waals surface area contributed by atoms with Crippen LogP contribution in [0.5, 0.6) is 0 Å². The molecule has 0 saturated carbocycles. The van der Waals surface area contributed by atoms with Crippen molar-refractivity contribution in [1.82, 2.24) is 15.2 Å². The van der Waals surface area contributed by atoms with Crippen LogP contribution in [0, 0.1) is 11.7 Å². The minimum Gasteiger partial charge on any atom is -0.369 e. The monoisotopic (exact) mass is 468 g/mol. The van der Waals surface area contributed by atoms with Crippen LogP contribution < -0.4 is 21.3 Å². The number of anilines is 2. The number of carbonyl (C=O) groups excluding carboxylic acids is 4.